The third kappa shape index (κ3) is 4.40. The first-order valence-corrected chi connectivity index (χ1v) is 9.43. The second-order valence-corrected chi connectivity index (χ2v) is 6.76. The van der Waals surface area contributed by atoms with Crippen LogP contribution in [0.25, 0.3) is 11.5 Å². The van der Waals surface area contributed by atoms with E-state index >= 15 is 0 Å². The van der Waals surface area contributed by atoms with Crippen molar-refractivity contribution in [3.05, 3.63) is 54.6 Å². The summed E-state index contributed by atoms with van der Waals surface area (Å²) < 4.78 is 17.0. The number of benzene rings is 2. The lowest BCUT2D eigenvalue weighted by molar-refractivity contribution is -0.119. The van der Waals surface area contributed by atoms with E-state index < -0.39 is 0 Å². The largest absolute Gasteiger partial charge is 0.486 e. The highest BCUT2D eigenvalue weighted by Crippen LogP contribution is 2.30. The average Bonchev–Trinajstić information content (AvgIpc) is 3.20. The molecule has 138 valence electrons. The molecule has 4 rings (SSSR count). The zero-order chi connectivity index (χ0) is 18.5. The second kappa shape index (κ2) is 8.13. The van der Waals surface area contributed by atoms with Gasteiger partial charge in [-0.1, -0.05) is 42.1 Å². The first-order chi connectivity index (χ1) is 13.3. The normalized spacial score (nSPS) is 15.3. The Morgan fingerprint density at radius 2 is 1.85 bits per heavy atom. The average molecular weight is 383 g/mol. The highest BCUT2D eigenvalue weighted by molar-refractivity contribution is 7.99. The number of carbonyl (C=O) groups is 1. The lowest BCUT2D eigenvalue weighted by Gasteiger charge is -2.26. The van der Waals surface area contributed by atoms with Crippen molar-refractivity contribution in [3.8, 4) is 23.0 Å². The summed E-state index contributed by atoms with van der Waals surface area (Å²) >= 11 is 1.19. The van der Waals surface area contributed by atoms with Crippen molar-refractivity contribution in [2.24, 2.45) is 0 Å². The number of hydrogen-bond donors (Lipinski definition) is 1. The van der Waals surface area contributed by atoms with Crippen LogP contribution in [-0.4, -0.2) is 41.1 Å². The van der Waals surface area contributed by atoms with E-state index in [4.69, 9.17) is 13.9 Å². The molecule has 1 aromatic heterocycles. The highest BCUT2D eigenvalue weighted by Gasteiger charge is 2.21. The van der Waals surface area contributed by atoms with E-state index in [1.54, 1.807) is 0 Å². The fourth-order valence-corrected chi connectivity index (χ4v) is 3.13. The van der Waals surface area contributed by atoms with Crippen LogP contribution in [0.3, 0.4) is 0 Å². The number of thioether (sulfide) groups is 1. The Kier molecular flexibility index (Phi) is 5.24. The number of fused-ring (bicyclic) bond motifs is 1. The van der Waals surface area contributed by atoms with Gasteiger partial charge in [0.05, 0.1) is 12.3 Å². The minimum absolute atomic E-state index is 0.137. The van der Waals surface area contributed by atoms with Gasteiger partial charge in [0.25, 0.3) is 5.22 Å². The smallest absolute Gasteiger partial charge is 0.277 e. The summed E-state index contributed by atoms with van der Waals surface area (Å²) in [6.07, 6.45) is -0.220. The van der Waals surface area contributed by atoms with Crippen molar-refractivity contribution < 1.29 is 18.7 Å². The molecule has 0 radical (unpaired) electrons. The summed E-state index contributed by atoms with van der Waals surface area (Å²) in [7, 11) is 0. The Labute approximate surface area is 160 Å². The van der Waals surface area contributed by atoms with Gasteiger partial charge >= 0.3 is 0 Å². The Bertz CT molecular complexity index is 916. The van der Waals surface area contributed by atoms with Crippen LogP contribution in [0, 0.1) is 0 Å². The molecule has 2 heterocycles. The van der Waals surface area contributed by atoms with Gasteiger partial charge in [0.15, 0.2) is 11.5 Å². The first-order valence-electron chi connectivity index (χ1n) is 8.45. The molecule has 0 bridgehead atoms. The number of aromatic nitrogens is 2. The lowest BCUT2D eigenvalue weighted by Crippen LogP contribution is -2.41. The molecule has 0 aliphatic carbocycles. The molecule has 8 heteroatoms. The van der Waals surface area contributed by atoms with Gasteiger partial charge in [-0.05, 0) is 24.3 Å². The van der Waals surface area contributed by atoms with Crippen molar-refractivity contribution in [3.63, 3.8) is 0 Å². The van der Waals surface area contributed by atoms with E-state index in [0.717, 1.165) is 11.3 Å². The molecule has 27 heavy (non-hydrogen) atoms. The molecular formula is C19H17N3O4S. The predicted molar refractivity (Wildman–Crippen MR) is 99.8 cm³/mol. The van der Waals surface area contributed by atoms with E-state index in [0.29, 0.717) is 30.0 Å². The summed E-state index contributed by atoms with van der Waals surface area (Å²) in [4.78, 5) is 12.1. The van der Waals surface area contributed by atoms with Crippen molar-refractivity contribution in [2.75, 3.05) is 18.9 Å². The minimum atomic E-state index is -0.220. The highest BCUT2D eigenvalue weighted by atomic mass is 32.2. The van der Waals surface area contributed by atoms with Crippen LogP contribution in [0.15, 0.2) is 64.2 Å². The zero-order valence-electron chi connectivity index (χ0n) is 14.3. The number of nitrogens with zero attached hydrogens (tertiary/aromatic N) is 2. The summed E-state index contributed by atoms with van der Waals surface area (Å²) in [6.45, 7) is 0.765. The third-order valence-corrected chi connectivity index (χ3v) is 4.67. The van der Waals surface area contributed by atoms with Crippen LogP contribution in [0.4, 0.5) is 0 Å². The molecule has 2 aromatic carbocycles. The maximum Gasteiger partial charge on any atom is 0.277 e. The van der Waals surface area contributed by atoms with E-state index in [1.165, 1.54) is 11.8 Å². The van der Waals surface area contributed by atoms with Crippen LogP contribution in [-0.2, 0) is 4.79 Å². The van der Waals surface area contributed by atoms with Crippen molar-refractivity contribution >= 4 is 17.7 Å². The summed E-state index contributed by atoms with van der Waals surface area (Å²) in [5.74, 6) is 1.89. The molecule has 1 N–H and O–H groups in total. The Morgan fingerprint density at radius 1 is 1.07 bits per heavy atom. The van der Waals surface area contributed by atoms with Crippen LogP contribution in [0.2, 0.25) is 0 Å². The van der Waals surface area contributed by atoms with Gasteiger partial charge in [0, 0.05) is 5.56 Å². The van der Waals surface area contributed by atoms with E-state index in [-0.39, 0.29) is 17.8 Å². The van der Waals surface area contributed by atoms with Crippen LogP contribution < -0.4 is 14.8 Å². The molecular weight excluding hydrogens is 366 g/mol. The quantitative estimate of drug-likeness (QED) is 0.655. The van der Waals surface area contributed by atoms with E-state index in [9.17, 15) is 4.79 Å². The molecule has 0 saturated heterocycles. The lowest BCUT2D eigenvalue weighted by atomic mass is 10.2. The van der Waals surface area contributed by atoms with Crippen LogP contribution in [0.5, 0.6) is 11.5 Å². The summed E-state index contributed by atoms with van der Waals surface area (Å²) in [5, 5.41) is 11.2. The van der Waals surface area contributed by atoms with E-state index in [2.05, 4.69) is 15.5 Å². The summed E-state index contributed by atoms with van der Waals surface area (Å²) in [6, 6.07) is 17.0. The first kappa shape index (κ1) is 17.4. The van der Waals surface area contributed by atoms with Crippen molar-refractivity contribution in [2.45, 2.75) is 11.3 Å². The maximum absolute atomic E-state index is 12.1. The van der Waals surface area contributed by atoms with Gasteiger partial charge in [0.2, 0.25) is 11.8 Å². The number of carbonyl (C=O) groups excluding carboxylic acids is 1. The molecule has 7 nitrogen and oxygen atoms in total. The molecule has 1 amide bonds. The molecule has 0 spiro atoms. The fraction of sp³-hybridized carbons (Fsp3) is 0.211. The third-order valence-electron chi connectivity index (χ3n) is 3.85. The molecule has 1 unspecified atom stereocenters. The number of hydrogen-bond acceptors (Lipinski definition) is 7. The molecule has 1 aliphatic heterocycles. The zero-order valence-corrected chi connectivity index (χ0v) is 15.1. The van der Waals surface area contributed by atoms with Crippen molar-refractivity contribution in [1.82, 2.24) is 15.5 Å². The Hall–Kier alpha value is -3.00. The van der Waals surface area contributed by atoms with E-state index in [1.807, 2.05) is 54.6 Å². The van der Waals surface area contributed by atoms with Crippen LogP contribution in [0.1, 0.15) is 0 Å². The standard InChI is InChI=1S/C19H17N3O4S/c23-17(20-10-14-11-24-15-8-4-5-9-16(15)25-14)12-27-19-22-21-18(26-19)13-6-2-1-3-7-13/h1-9,14H,10-12H2,(H,20,23). The molecule has 0 saturated carbocycles. The van der Waals surface area contributed by atoms with Gasteiger partial charge in [-0.2, -0.15) is 0 Å². The summed E-state index contributed by atoms with van der Waals surface area (Å²) in [5.41, 5.74) is 0.844. The number of nitrogens with one attached hydrogen (secondary N) is 1. The Balaban J connectivity index is 1.23. The van der Waals surface area contributed by atoms with Gasteiger partial charge < -0.3 is 19.2 Å². The second-order valence-electron chi connectivity index (χ2n) is 5.83. The number of amides is 1. The number of ether oxygens (including phenoxy) is 2. The van der Waals surface area contributed by atoms with Gasteiger partial charge in [-0.15, -0.1) is 10.2 Å². The van der Waals surface area contributed by atoms with Crippen molar-refractivity contribution in [1.29, 1.82) is 0 Å². The number of rotatable bonds is 6. The molecule has 0 fully saturated rings. The van der Waals surface area contributed by atoms with Crippen LogP contribution >= 0.6 is 11.8 Å². The Morgan fingerprint density at radius 3 is 2.70 bits per heavy atom. The minimum Gasteiger partial charge on any atom is -0.486 e. The van der Waals surface area contributed by atoms with Gasteiger partial charge in [-0.25, -0.2) is 0 Å². The van der Waals surface area contributed by atoms with Gasteiger partial charge in [-0.3, -0.25) is 4.79 Å². The molecule has 3 aromatic rings. The van der Waals surface area contributed by atoms with Gasteiger partial charge in [0.1, 0.15) is 12.7 Å². The molecule has 1 atom stereocenters. The predicted octanol–water partition coefficient (Wildman–Crippen LogP) is 2.78. The molecule has 1 aliphatic rings. The fourth-order valence-electron chi connectivity index (χ4n) is 2.54. The SMILES string of the molecule is O=C(CSc1nnc(-c2ccccc2)o1)NCC1COc2ccccc2O1. The maximum atomic E-state index is 12.1. The number of para-hydroxylation sites is 2. The topological polar surface area (TPSA) is 86.5 Å². The monoisotopic (exact) mass is 383 g/mol.